The summed E-state index contributed by atoms with van der Waals surface area (Å²) in [5.41, 5.74) is 1.19. The highest BCUT2D eigenvalue weighted by atomic mass is 32.1. The van der Waals surface area contributed by atoms with Crippen molar-refractivity contribution in [2.45, 2.75) is 38.1 Å². The molecule has 1 aromatic carbocycles. The number of amides is 1. The lowest BCUT2D eigenvalue weighted by molar-refractivity contribution is 0.00739. The molecule has 1 amide bonds. The Morgan fingerprint density at radius 3 is 2.68 bits per heavy atom. The summed E-state index contributed by atoms with van der Waals surface area (Å²) in [6.45, 7) is 2.87. The Kier molecular flexibility index (Phi) is 6.07. The van der Waals surface area contributed by atoms with Gasteiger partial charge in [0.05, 0.1) is 17.0 Å². The molecule has 6 heteroatoms. The number of anilines is 1. The lowest BCUT2D eigenvalue weighted by Gasteiger charge is -2.44. The zero-order valence-electron chi connectivity index (χ0n) is 15.9. The quantitative estimate of drug-likeness (QED) is 0.758. The van der Waals surface area contributed by atoms with Gasteiger partial charge in [-0.1, -0.05) is 12.5 Å². The van der Waals surface area contributed by atoms with Crippen molar-refractivity contribution < 1.29 is 14.3 Å². The summed E-state index contributed by atoms with van der Waals surface area (Å²) in [6.07, 6.45) is 6.13. The Morgan fingerprint density at radius 2 is 1.89 bits per heavy atom. The summed E-state index contributed by atoms with van der Waals surface area (Å²) >= 11 is 1.40. The van der Waals surface area contributed by atoms with Crippen LogP contribution in [0.5, 0.6) is 0 Å². The van der Waals surface area contributed by atoms with Crippen LogP contribution in [0.4, 0.5) is 5.69 Å². The Labute approximate surface area is 169 Å². The molecule has 0 radical (unpaired) electrons. The van der Waals surface area contributed by atoms with Gasteiger partial charge in [-0.05, 0) is 74.5 Å². The first-order chi connectivity index (χ1) is 13.7. The van der Waals surface area contributed by atoms with Crippen molar-refractivity contribution in [3.05, 3.63) is 52.2 Å². The second-order valence-corrected chi connectivity index (χ2v) is 8.56. The highest BCUT2D eigenvalue weighted by molar-refractivity contribution is 7.12. The average molecular weight is 399 g/mol. The van der Waals surface area contributed by atoms with Crippen LogP contribution in [-0.2, 0) is 4.74 Å². The van der Waals surface area contributed by atoms with E-state index >= 15 is 0 Å². The van der Waals surface area contributed by atoms with Crippen molar-refractivity contribution >= 4 is 28.9 Å². The molecule has 2 aliphatic rings. The van der Waals surface area contributed by atoms with Gasteiger partial charge in [-0.15, -0.1) is 11.3 Å². The summed E-state index contributed by atoms with van der Waals surface area (Å²) < 4.78 is 5.65. The second-order valence-electron chi connectivity index (χ2n) is 7.61. The van der Waals surface area contributed by atoms with E-state index in [-0.39, 0.29) is 11.9 Å². The van der Waals surface area contributed by atoms with E-state index in [9.17, 15) is 9.59 Å². The molecule has 1 N–H and O–H groups in total. The van der Waals surface area contributed by atoms with Crippen molar-refractivity contribution in [1.82, 2.24) is 4.90 Å². The summed E-state index contributed by atoms with van der Waals surface area (Å²) in [4.78, 5) is 27.8. The molecule has 4 rings (SSSR count). The van der Waals surface area contributed by atoms with E-state index < -0.39 is 0 Å². The predicted molar refractivity (Wildman–Crippen MR) is 111 cm³/mol. The maximum Gasteiger partial charge on any atom is 0.338 e. The van der Waals surface area contributed by atoms with Crippen LogP contribution in [0.3, 0.4) is 0 Å². The molecule has 2 fully saturated rings. The summed E-state index contributed by atoms with van der Waals surface area (Å²) in [6, 6.07) is 11.1. The molecule has 2 aromatic rings. The van der Waals surface area contributed by atoms with Gasteiger partial charge in [0.15, 0.2) is 0 Å². The minimum atomic E-state index is -0.288. The number of esters is 1. The standard InChI is InChI=1S/C22H26N2O3S/c25-21(20-7-4-14-28-20)23-18-10-8-16(9-11-18)22(26)27-15-17-5-3-13-24-12-2-1-6-19(17)24/h4,7-11,14,17,19H,1-3,5-6,12-13,15H2,(H,23,25). The minimum Gasteiger partial charge on any atom is -0.462 e. The van der Waals surface area contributed by atoms with Crippen LogP contribution >= 0.6 is 11.3 Å². The maximum atomic E-state index is 12.4. The molecular weight excluding hydrogens is 372 g/mol. The molecule has 0 spiro atoms. The summed E-state index contributed by atoms with van der Waals surface area (Å²) in [7, 11) is 0. The first kappa shape index (κ1) is 19.2. The minimum absolute atomic E-state index is 0.139. The van der Waals surface area contributed by atoms with E-state index in [1.54, 1.807) is 30.3 Å². The van der Waals surface area contributed by atoms with Gasteiger partial charge in [0.25, 0.3) is 5.91 Å². The summed E-state index contributed by atoms with van der Waals surface area (Å²) in [5, 5.41) is 4.71. The molecule has 1 aromatic heterocycles. The molecular formula is C22H26N2O3S. The fourth-order valence-corrected chi connectivity index (χ4v) is 4.95. The third kappa shape index (κ3) is 4.45. The Hall–Kier alpha value is -2.18. The number of hydrogen-bond acceptors (Lipinski definition) is 5. The van der Waals surface area contributed by atoms with Crippen LogP contribution in [0.25, 0.3) is 0 Å². The van der Waals surface area contributed by atoms with Crippen LogP contribution in [0, 0.1) is 5.92 Å². The monoisotopic (exact) mass is 398 g/mol. The normalized spacial score (nSPS) is 22.3. The van der Waals surface area contributed by atoms with E-state index in [0.717, 1.165) is 6.42 Å². The van der Waals surface area contributed by atoms with Crippen molar-refractivity contribution in [3.63, 3.8) is 0 Å². The molecule has 5 nitrogen and oxygen atoms in total. The first-order valence-corrected chi connectivity index (χ1v) is 10.9. The zero-order chi connectivity index (χ0) is 19.3. The molecule has 3 heterocycles. The molecule has 0 bridgehead atoms. The predicted octanol–water partition coefficient (Wildman–Crippen LogP) is 4.42. The molecule has 0 saturated carbocycles. The summed E-state index contributed by atoms with van der Waals surface area (Å²) in [5.74, 6) is 0.0195. The largest absolute Gasteiger partial charge is 0.462 e. The molecule has 148 valence electrons. The molecule has 0 aliphatic carbocycles. The van der Waals surface area contributed by atoms with Crippen LogP contribution in [0.15, 0.2) is 41.8 Å². The molecule has 28 heavy (non-hydrogen) atoms. The van der Waals surface area contributed by atoms with Gasteiger partial charge >= 0.3 is 5.97 Å². The van der Waals surface area contributed by atoms with Gasteiger partial charge in [-0.2, -0.15) is 0 Å². The Morgan fingerprint density at radius 1 is 1.07 bits per heavy atom. The van der Waals surface area contributed by atoms with Gasteiger partial charge in [-0.25, -0.2) is 4.79 Å². The number of thiophene rings is 1. The highest BCUT2D eigenvalue weighted by Crippen LogP contribution is 2.31. The number of carbonyl (C=O) groups excluding carboxylic acids is 2. The van der Waals surface area contributed by atoms with E-state index in [1.807, 2.05) is 11.4 Å². The van der Waals surface area contributed by atoms with E-state index in [0.29, 0.717) is 34.7 Å². The number of ether oxygens (including phenoxy) is 1. The van der Waals surface area contributed by atoms with E-state index in [1.165, 1.54) is 50.1 Å². The number of benzene rings is 1. The second kappa shape index (κ2) is 8.88. The average Bonchev–Trinajstić information content (AvgIpc) is 3.27. The van der Waals surface area contributed by atoms with Crippen LogP contribution in [-0.4, -0.2) is 42.5 Å². The van der Waals surface area contributed by atoms with Gasteiger partial charge < -0.3 is 10.1 Å². The number of nitrogens with zero attached hydrogens (tertiary/aromatic N) is 1. The third-order valence-corrected chi connectivity index (χ3v) is 6.65. The fourth-order valence-electron chi connectivity index (χ4n) is 4.33. The fraction of sp³-hybridized carbons (Fsp3) is 0.455. The number of hydrogen-bond donors (Lipinski definition) is 1. The maximum absolute atomic E-state index is 12.4. The highest BCUT2D eigenvalue weighted by Gasteiger charge is 2.33. The number of piperidine rings is 2. The first-order valence-electron chi connectivity index (χ1n) is 10.1. The van der Waals surface area contributed by atoms with Gasteiger partial charge in [0.2, 0.25) is 0 Å². The smallest absolute Gasteiger partial charge is 0.338 e. The zero-order valence-corrected chi connectivity index (χ0v) is 16.7. The third-order valence-electron chi connectivity index (χ3n) is 5.78. The molecule has 2 unspecified atom stereocenters. The number of nitrogens with one attached hydrogen (secondary N) is 1. The van der Waals surface area contributed by atoms with Crippen LogP contribution in [0.1, 0.15) is 52.1 Å². The number of carbonyl (C=O) groups is 2. The lowest BCUT2D eigenvalue weighted by Crippen LogP contribution is -2.49. The molecule has 2 atom stereocenters. The molecule has 2 saturated heterocycles. The number of rotatable bonds is 5. The van der Waals surface area contributed by atoms with Gasteiger partial charge in [-0.3, -0.25) is 9.69 Å². The van der Waals surface area contributed by atoms with E-state index in [2.05, 4.69) is 10.2 Å². The van der Waals surface area contributed by atoms with Gasteiger partial charge in [0, 0.05) is 17.6 Å². The number of fused-ring (bicyclic) bond motifs is 1. The van der Waals surface area contributed by atoms with Crippen LogP contribution < -0.4 is 5.32 Å². The van der Waals surface area contributed by atoms with Crippen molar-refractivity contribution in [1.29, 1.82) is 0 Å². The van der Waals surface area contributed by atoms with E-state index in [4.69, 9.17) is 4.74 Å². The van der Waals surface area contributed by atoms with Crippen molar-refractivity contribution in [2.75, 3.05) is 25.0 Å². The van der Waals surface area contributed by atoms with Gasteiger partial charge in [0.1, 0.15) is 0 Å². The Balaban J connectivity index is 1.30. The SMILES string of the molecule is O=C(OCC1CCCN2CCCCC12)c1ccc(NC(=O)c2cccs2)cc1. The Bertz CT molecular complexity index is 802. The molecule has 2 aliphatic heterocycles. The lowest BCUT2D eigenvalue weighted by atomic mass is 9.84. The van der Waals surface area contributed by atoms with Crippen molar-refractivity contribution in [2.24, 2.45) is 5.92 Å². The van der Waals surface area contributed by atoms with Crippen LogP contribution in [0.2, 0.25) is 0 Å². The van der Waals surface area contributed by atoms with Crippen molar-refractivity contribution in [3.8, 4) is 0 Å². The topological polar surface area (TPSA) is 58.6 Å².